The van der Waals surface area contributed by atoms with Gasteiger partial charge in [0.05, 0.1) is 0 Å². The summed E-state index contributed by atoms with van der Waals surface area (Å²) in [5.41, 5.74) is 4.53. The number of nitrogen functional groups attached to an aromatic ring is 1. The fraction of sp³-hybridized carbons (Fsp3) is 0.231. The monoisotopic (exact) mass is 321 g/mol. The number of nitrogens with zero attached hydrogens (tertiary/aromatic N) is 2. The van der Waals surface area contributed by atoms with Crippen LogP contribution in [-0.4, -0.2) is 9.97 Å². The molecule has 0 saturated heterocycles. The molecule has 0 aliphatic rings. The molecule has 0 radical (unpaired) electrons. The third-order valence-electron chi connectivity index (χ3n) is 2.69. The number of aromatic nitrogens is 2. The molecule has 0 aliphatic heterocycles. The average Bonchev–Trinajstić information content (AvgIpc) is 2.38. The minimum absolute atomic E-state index is 0.252. The molecule has 2 aromatic rings. The van der Waals surface area contributed by atoms with E-state index in [2.05, 4.69) is 50.5 Å². The summed E-state index contributed by atoms with van der Waals surface area (Å²) in [5, 5.41) is 3.29. The van der Waals surface area contributed by atoms with Crippen molar-refractivity contribution in [2.24, 2.45) is 5.84 Å². The molecular weight excluding hydrogens is 306 g/mol. The fourth-order valence-electron chi connectivity index (χ4n) is 1.86. The maximum atomic E-state index is 5.50. The molecule has 0 amide bonds. The molecule has 0 saturated carbocycles. The Labute approximate surface area is 120 Å². The molecular formula is C13H16BrN5. The molecule has 0 atom stereocenters. The van der Waals surface area contributed by atoms with E-state index in [1.807, 2.05) is 24.3 Å². The highest BCUT2D eigenvalue weighted by Gasteiger charge is 2.14. The van der Waals surface area contributed by atoms with E-state index in [-0.39, 0.29) is 5.92 Å². The molecule has 1 aromatic carbocycles. The zero-order valence-corrected chi connectivity index (χ0v) is 12.4. The SMILES string of the molecule is CC(C)c1c(NN)ncnc1Nc1cccc(Br)c1. The van der Waals surface area contributed by atoms with Crippen LogP contribution in [0.4, 0.5) is 17.3 Å². The Morgan fingerprint density at radius 1 is 1.21 bits per heavy atom. The Bertz CT molecular complexity index is 571. The first kappa shape index (κ1) is 13.8. The van der Waals surface area contributed by atoms with Gasteiger partial charge in [-0.05, 0) is 24.1 Å². The Balaban J connectivity index is 2.39. The van der Waals surface area contributed by atoms with Crippen LogP contribution >= 0.6 is 15.9 Å². The zero-order valence-electron chi connectivity index (χ0n) is 10.8. The second-order valence-electron chi connectivity index (χ2n) is 4.42. The van der Waals surface area contributed by atoms with Crippen molar-refractivity contribution in [3.63, 3.8) is 0 Å². The summed E-state index contributed by atoms with van der Waals surface area (Å²) in [7, 11) is 0. The Morgan fingerprint density at radius 2 is 1.95 bits per heavy atom. The molecule has 0 aliphatic carbocycles. The number of anilines is 3. The van der Waals surface area contributed by atoms with Gasteiger partial charge < -0.3 is 10.7 Å². The first-order chi connectivity index (χ1) is 9.11. The lowest BCUT2D eigenvalue weighted by Crippen LogP contribution is -2.14. The lowest BCUT2D eigenvalue weighted by Gasteiger charge is -2.16. The maximum Gasteiger partial charge on any atom is 0.148 e. The summed E-state index contributed by atoms with van der Waals surface area (Å²) in [6, 6.07) is 7.90. The third kappa shape index (κ3) is 3.21. The van der Waals surface area contributed by atoms with E-state index in [0.717, 1.165) is 21.5 Å². The second kappa shape index (κ2) is 5.99. The van der Waals surface area contributed by atoms with Crippen molar-refractivity contribution in [1.29, 1.82) is 0 Å². The lowest BCUT2D eigenvalue weighted by molar-refractivity contribution is 0.850. The maximum absolute atomic E-state index is 5.50. The van der Waals surface area contributed by atoms with E-state index in [1.54, 1.807) is 0 Å². The van der Waals surface area contributed by atoms with E-state index in [4.69, 9.17) is 5.84 Å². The van der Waals surface area contributed by atoms with E-state index in [1.165, 1.54) is 6.33 Å². The summed E-state index contributed by atoms with van der Waals surface area (Å²) >= 11 is 3.45. The predicted molar refractivity (Wildman–Crippen MR) is 81.4 cm³/mol. The van der Waals surface area contributed by atoms with E-state index < -0.39 is 0 Å². The predicted octanol–water partition coefficient (Wildman–Crippen LogP) is 3.39. The van der Waals surface area contributed by atoms with Crippen molar-refractivity contribution < 1.29 is 0 Å². The molecule has 0 spiro atoms. The van der Waals surface area contributed by atoms with Gasteiger partial charge in [-0.1, -0.05) is 35.8 Å². The molecule has 4 N–H and O–H groups in total. The van der Waals surface area contributed by atoms with Crippen molar-refractivity contribution >= 4 is 33.3 Å². The standard InChI is InChI=1S/C13H16BrN5/c1-8(2)11-12(16-7-17-13(11)19-15)18-10-5-3-4-9(14)6-10/h3-8H,15H2,1-2H3,(H2,16,17,18,19). The molecule has 19 heavy (non-hydrogen) atoms. The minimum atomic E-state index is 0.252. The Hall–Kier alpha value is -1.66. The molecule has 100 valence electrons. The summed E-state index contributed by atoms with van der Waals surface area (Å²) < 4.78 is 1.01. The summed E-state index contributed by atoms with van der Waals surface area (Å²) in [6.07, 6.45) is 1.49. The van der Waals surface area contributed by atoms with Crippen LogP contribution in [0.2, 0.25) is 0 Å². The van der Waals surface area contributed by atoms with Crippen molar-refractivity contribution in [3.05, 3.63) is 40.6 Å². The topological polar surface area (TPSA) is 75.9 Å². The quantitative estimate of drug-likeness (QED) is 0.594. The van der Waals surface area contributed by atoms with E-state index in [0.29, 0.717) is 5.82 Å². The van der Waals surface area contributed by atoms with E-state index >= 15 is 0 Å². The number of hydrogen-bond donors (Lipinski definition) is 3. The van der Waals surface area contributed by atoms with Gasteiger partial charge in [0.2, 0.25) is 0 Å². The summed E-state index contributed by atoms with van der Waals surface area (Å²) in [5.74, 6) is 7.15. The van der Waals surface area contributed by atoms with Crippen LogP contribution in [0.15, 0.2) is 35.1 Å². The van der Waals surface area contributed by atoms with Gasteiger partial charge >= 0.3 is 0 Å². The molecule has 0 bridgehead atoms. The number of rotatable bonds is 4. The Kier molecular flexibility index (Phi) is 4.34. The minimum Gasteiger partial charge on any atom is -0.340 e. The molecule has 6 heteroatoms. The van der Waals surface area contributed by atoms with Crippen molar-refractivity contribution in [3.8, 4) is 0 Å². The highest BCUT2D eigenvalue weighted by atomic mass is 79.9. The fourth-order valence-corrected chi connectivity index (χ4v) is 2.26. The van der Waals surface area contributed by atoms with Gasteiger partial charge in [0, 0.05) is 15.7 Å². The normalized spacial score (nSPS) is 10.6. The largest absolute Gasteiger partial charge is 0.340 e. The third-order valence-corrected chi connectivity index (χ3v) is 3.18. The number of nitrogens with one attached hydrogen (secondary N) is 2. The van der Waals surface area contributed by atoms with Gasteiger partial charge in [0.1, 0.15) is 18.0 Å². The number of hydrogen-bond acceptors (Lipinski definition) is 5. The van der Waals surface area contributed by atoms with Gasteiger partial charge in [-0.15, -0.1) is 0 Å². The van der Waals surface area contributed by atoms with Gasteiger partial charge in [-0.2, -0.15) is 0 Å². The molecule has 5 nitrogen and oxygen atoms in total. The molecule has 0 unspecified atom stereocenters. The van der Waals surface area contributed by atoms with Crippen LogP contribution in [-0.2, 0) is 0 Å². The van der Waals surface area contributed by atoms with Gasteiger partial charge in [0.15, 0.2) is 0 Å². The zero-order chi connectivity index (χ0) is 13.8. The Morgan fingerprint density at radius 3 is 2.58 bits per heavy atom. The smallest absolute Gasteiger partial charge is 0.148 e. The lowest BCUT2D eigenvalue weighted by atomic mass is 10.0. The van der Waals surface area contributed by atoms with Crippen LogP contribution in [0, 0.1) is 0 Å². The highest BCUT2D eigenvalue weighted by molar-refractivity contribution is 9.10. The van der Waals surface area contributed by atoms with Gasteiger partial charge in [-0.25, -0.2) is 15.8 Å². The van der Waals surface area contributed by atoms with Gasteiger partial charge in [0.25, 0.3) is 0 Å². The van der Waals surface area contributed by atoms with Crippen molar-refractivity contribution in [1.82, 2.24) is 9.97 Å². The first-order valence-electron chi connectivity index (χ1n) is 5.96. The number of benzene rings is 1. The number of nitrogens with two attached hydrogens (primary N) is 1. The molecule has 1 heterocycles. The number of halogens is 1. The van der Waals surface area contributed by atoms with Crippen LogP contribution < -0.4 is 16.6 Å². The van der Waals surface area contributed by atoms with Crippen molar-refractivity contribution in [2.45, 2.75) is 19.8 Å². The van der Waals surface area contributed by atoms with Crippen LogP contribution in [0.3, 0.4) is 0 Å². The first-order valence-corrected chi connectivity index (χ1v) is 6.75. The van der Waals surface area contributed by atoms with Crippen LogP contribution in [0.1, 0.15) is 25.3 Å². The van der Waals surface area contributed by atoms with Gasteiger partial charge in [-0.3, -0.25) is 0 Å². The summed E-state index contributed by atoms with van der Waals surface area (Å²) in [4.78, 5) is 8.44. The van der Waals surface area contributed by atoms with Crippen molar-refractivity contribution in [2.75, 3.05) is 10.7 Å². The molecule has 1 aromatic heterocycles. The van der Waals surface area contributed by atoms with Crippen LogP contribution in [0.5, 0.6) is 0 Å². The second-order valence-corrected chi connectivity index (χ2v) is 5.33. The molecule has 0 fully saturated rings. The highest BCUT2D eigenvalue weighted by Crippen LogP contribution is 2.30. The summed E-state index contributed by atoms with van der Waals surface area (Å²) in [6.45, 7) is 4.15. The van der Waals surface area contributed by atoms with Crippen LogP contribution in [0.25, 0.3) is 0 Å². The molecule has 2 rings (SSSR count). The van der Waals surface area contributed by atoms with E-state index in [9.17, 15) is 0 Å². The number of hydrazine groups is 1. The average molecular weight is 322 g/mol.